The molecule has 2 atom stereocenters. The van der Waals surface area contributed by atoms with E-state index in [2.05, 4.69) is 18.7 Å². The van der Waals surface area contributed by atoms with E-state index in [0.29, 0.717) is 0 Å². The fraction of sp³-hybridized carbons (Fsp3) is 0.692. The number of hydrogen-bond donors (Lipinski definition) is 1. The van der Waals surface area contributed by atoms with Gasteiger partial charge in [-0.3, -0.25) is 4.90 Å². The maximum absolute atomic E-state index is 6.50. The number of ether oxygens (including phenoxy) is 1. The third-order valence-electron chi connectivity index (χ3n) is 4.05. The molecule has 5 heteroatoms. The van der Waals surface area contributed by atoms with Crippen molar-refractivity contribution in [3.8, 4) is 0 Å². The van der Waals surface area contributed by atoms with E-state index in [9.17, 15) is 0 Å². The second-order valence-corrected chi connectivity index (χ2v) is 6.28. The first-order valence-corrected chi connectivity index (χ1v) is 7.66. The van der Waals surface area contributed by atoms with Gasteiger partial charge in [-0.15, -0.1) is 11.3 Å². The van der Waals surface area contributed by atoms with Crippen LogP contribution in [0.3, 0.4) is 0 Å². The Hall–Kier alpha value is -0.130. The lowest BCUT2D eigenvalue weighted by molar-refractivity contribution is -0.0273. The zero-order valence-corrected chi connectivity index (χ0v) is 12.6. The molecule has 0 amide bonds. The summed E-state index contributed by atoms with van der Waals surface area (Å²) in [6, 6.07) is 1.88. The van der Waals surface area contributed by atoms with Gasteiger partial charge in [-0.1, -0.05) is 18.5 Å². The first-order valence-electron chi connectivity index (χ1n) is 6.41. The van der Waals surface area contributed by atoms with Gasteiger partial charge in [-0.05, 0) is 24.8 Å². The molecule has 0 aliphatic carbocycles. The van der Waals surface area contributed by atoms with Crippen molar-refractivity contribution in [2.45, 2.75) is 31.8 Å². The van der Waals surface area contributed by atoms with Crippen LogP contribution < -0.4 is 5.73 Å². The zero-order chi connectivity index (χ0) is 13.2. The zero-order valence-electron chi connectivity index (χ0n) is 11.0. The Morgan fingerprint density at radius 1 is 1.56 bits per heavy atom. The molecule has 18 heavy (non-hydrogen) atoms. The van der Waals surface area contributed by atoms with E-state index in [4.69, 9.17) is 22.1 Å². The third-order valence-corrected chi connectivity index (χ3v) is 5.49. The SMILES string of the molecule is CCC(C)(C(N)c1sccc1Cl)N1CCOCC1. The second kappa shape index (κ2) is 5.88. The molecule has 0 saturated carbocycles. The normalized spacial score (nSPS) is 22.7. The van der Waals surface area contributed by atoms with E-state index in [1.165, 1.54) is 0 Å². The maximum Gasteiger partial charge on any atom is 0.0594 e. The monoisotopic (exact) mass is 288 g/mol. The molecule has 0 radical (unpaired) electrons. The molecule has 2 rings (SSSR count). The highest BCUT2D eigenvalue weighted by Crippen LogP contribution is 2.38. The number of nitrogens with two attached hydrogens (primary N) is 1. The minimum Gasteiger partial charge on any atom is -0.379 e. The Morgan fingerprint density at radius 2 is 2.22 bits per heavy atom. The molecule has 0 bridgehead atoms. The van der Waals surface area contributed by atoms with E-state index in [1.807, 2.05) is 11.4 Å². The molecule has 1 saturated heterocycles. The minimum atomic E-state index is -0.0573. The van der Waals surface area contributed by atoms with Crippen molar-refractivity contribution in [1.82, 2.24) is 4.90 Å². The van der Waals surface area contributed by atoms with Crippen LogP contribution in [-0.2, 0) is 4.74 Å². The van der Waals surface area contributed by atoms with E-state index < -0.39 is 0 Å². The van der Waals surface area contributed by atoms with Crippen LogP contribution in [0.15, 0.2) is 11.4 Å². The van der Waals surface area contributed by atoms with Gasteiger partial charge < -0.3 is 10.5 Å². The van der Waals surface area contributed by atoms with Gasteiger partial charge in [0.25, 0.3) is 0 Å². The smallest absolute Gasteiger partial charge is 0.0594 e. The van der Waals surface area contributed by atoms with Crippen LogP contribution in [0.2, 0.25) is 5.02 Å². The fourth-order valence-corrected chi connectivity index (χ4v) is 3.84. The van der Waals surface area contributed by atoms with Crippen LogP contribution in [0.4, 0.5) is 0 Å². The van der Waals surface area contributed by atoms with Crippen LogP contribution in [0.5, 0.6) is 0 Å². The molecular formula is C13H21ClN2OS. The quantitative estimate of drug-likeness (QED) is 0.926. The number of hydrogen-bond acceptors (Lipinski definition) is 4. The van der Waals surface area contributed by atoms with Gasteiger partial charge in [0.05, 0.1) is 24.3 Å². The Labute approximate surface area is 118 Å². The second-order valence-electron chi connectivity index (χ2n) is 4.92. The van der Waals surface area contributed by atoms with Crippen LogP contribution >= 0.6 is 22.9 Å². The van der Waals surface area contributed by atoms with Crippen molar-refractivity contribution in [2.24, 2.45) is 5.73 Å². The lowest BCUT2D eigenvalue weighted by Crippen LogP contribution is -2.56. The van der Waals surface area contributed by atoms with Crippen molar-refractivity contribution in [2.75, 3.05) is 26.3 Å². The predicted molar refractivity (Wildman–Crippen MR) is 77.3 cm³/mol. The van der Waals surface area contributed by atoms with Gasteiger partial charge >= 0.3 is 0 Å². The number of morpholine rings is 1. The summed E-state index contributed by atoms with van der Waals surface area (Å²) in [4.78, 5) is 3.53. The highest BCUT2D eigenvalue weighted by molar-refractivity contribution is 7.10. The van der Waals surface area contributed by atoms with E-state index in [1.54, 1.807) is 11.3 Å². The Morgan fingerprint density at radius 3 is 2.72 bits per heavy atom. The lowest BCUT2D eigenvalue weighted by Gasteiger charge is -2.46. The van der Waals surface area contributed by atoms with Crippen LogP contribution in [0.1, 0.15) is 31.2 Å². The van der Waals surface area contributed by atoms with Gasteiger partial charge in [0.1, 0.15) is 0 Å². The Kier molecular flexibility index (Phi) is 4.67. The van der Waals surface area contributed by atoms with Gasteiger partial charge in [0, 0.05) is 23.5 Å². The first kappa shape index (κ1) is 14.3. The summed E-state index contributed by atoms with van der Waals surface area (Å²) in [7, 11) is 0. The highest BCUT2D eigenvalue weighted by atomic mass is 35.5. The van der Waals surface area contributed by atoms with Crippen molar-refractivity contribution in [3.05, 3.63) is 21.3 Å². The Bertz CT molecular complexity index is 392. The van der Waals surface area contributed by atoms with E-state index in [-0.39, 0.29) is 11.6 Å². The van der Waals surface area contributed by atoms with Gasteiger partial charge in [0.15, 0.2) is 0 Å². The molecule has 0 aromatic carbocycles. The van der Waals surface area contributed by atoms with Crippen molar-refractivity contribution >= 4 is 22.9 Å². The van der Waals surface area contributed by atoms with Gasteiger partial charge in [0.2, 0.25) is 0 Å². The molecule has 1 aromatic rings. The molecule has 1 aliphatic rings. The van der Waals surface area contributed by atoms with Gasteiger partial charge in [-0.25, -0.2) is 0 Å². The molecular weight excluding hydrogens is 268 g/mol. The molecule has 2 heterocycles. The standard InChI is InChI=1S/C13H21ClN2OS/c1-3-13(2,16-5-7-17-8-6-16)12(15)11-10(14)4-9-18-11/h4,9,12H,3,5-8,15H2,1-2H3. The molecule has 3 nitrogen and oxygen atoms in total. The van der Waals surface area contributed by atoms with E-state index in [0.717, 1.165) is 42.6 Å². The molecule has 2 N–H and O–H groups in total. The fourth-order valence-electron chi connectivity index (χ4n) is 2.52. The van der Waals surface area contributed by atoms with Crippen molar-refractivity contribution in [1.29, 1.82) is 0 Å². The summed E-state index contributed by atoms with van der Waals surface area (Å²) >= 11 is 7.87. The largest absolute Gasteiger partial charge is 0.379 e. The average molecular weight is 289 g/mol. The van der Waals surface area contributed by atoms with Crippen molar-refractivity contribution in [3.63, 3.8) is 0 Å². The number of nitrogens with zero attached hydrogens (tertiary/aromatic N) is 1. The third kappa shape index (κ3) is 2.58. The molecule has 102 valence electrons. The first-order chi connectivity index (χ1) is 8.59. The molecule has 1 fully saturated rings. The number of halogens is 1. The van der Waals surface area contributed by atoms with Gasteiger partial charge in [-0.2, -0.15) is 0 Å². The number of thiophene rings is 1. The summed E-state index contributed by atoms with van der Waals surface area (Å²) in [6.45, 7) is 7.90. The summed E-state index contributed by atoms with van der Waals surface area (Å²) in [5, 5.41) is 2.80. The average Bonchev–Trinajstić information content (AvgIpc) is 2.84. The Balaban J connectivity index is 2.22. The molecule has 1 aromatic heterocycles. The number of rotatable bonds is 4. The molecule has 0 spiro atoms. The summed E-state index contributed by atoms with van der Waals surface area (Å²) in [5.74, 6) is 0. The maximum atomic E-state index is 6.50. The molecule has 1 aliphatic heterocycles. The topological polar surface area (TPSA) is 38.5 Å². The summed E-state index contributed by atoms with van der Waals surface area (Å²) in [6.07, 6.45) is 1.00. The summed E-state index contributed by atoms with van der Waals surface area (Å²) in [5.41, 5.74) is 6.45. The minimum absolute atomic E-state index is 0.0481. The van der Waals surface area contributed by atoms with Crippen molar-refractivity contribution < 1.29 is 4.74 Å². The van der Waals surface area contributed by atoms with Crippen LogP contribution in [0.25, 0.3) is 0 Å². The van der Waals surface area contributed by atoms with Crippen LogP contribution in [0, 0.1) is 0 Å². The van der Waals surface area contributed by atoms with E-state index >= 15 is 0 Å². The lowest BCUT2D eigenvalue weighted by atomic mass is 9.86. The predicted octanol–water partition coefficient (Wildman–Crippen LogP) is 2.90. The van der Waals surface area contributed by atoms with Crippen LogP contribution in [-0.4, -0.2) is 36.7 Å². The summed E-state index contributed by atoms with van der Waals surface area (Å²) < 4.78 is 5.43. The highest BCUT2D eigenvalue weighted by Gasteiger charge is 2.39. The molecule has 2 unspecified atom stereocenters.